The maximum absolute atomic E-state index is 13.4. The molecule has 0 aliphatic carbocycles. The van der Waals surface area contributed by atoms with Gasteiger partial charge < -0.3 is 16.2 Å². The molecular weight excluding hydrogens is 223 g/mol. The van der Waals surface area contributed by atoms with Crippen LogP contribution in [0.4, 0.5) is 15.8 Å². The number of rotatable bonds is 5. The van der Waals surface area contributed by atoms with Crippen molar-refractivity contribution in [3.05, 3.63) is 36.2 Å². The number of hydrogen-bond acceptors (Lipinski definition) is 3. The molecule has 0 amide bonds. The Labute approximate surface area is 98.9 Å². The van der Waals surface area contributed by atoms with Gasteiger partial charge in [0.1, 0.15) is 5.82 Å². The number of anilines is 2. The zero-order valence-electron chi connectivity index (χ0n) is 9.53. The number of benzene rings is 1. The number of carbonyl (C=O) groups is 1. The van der Waals surface area contributed by atoms with Crippen LogP contribution in [0, 0.1) is 5.82 Å². The maximum atomic E-state index is 13.4. The number of aromatic carboxylic acids is 1. The van der Waals surface area contributed by atoms with Crippen molar-refractivity contribution >= 4 is 17.3 Å². The topological polar surface area (TPSA) is 75.3 Å². The maximum Gasteiger partial charge on any atom is 0.338 e. The van der Waals surface area contributed by atoms with Gasteiger partial charge in [0.25, 0.3) is 0 Å². The van der Waals surface area contributed by atoms with E-state index in [0.717, 1.165) is 12.1 Å². The molecule has 1 rings (SSSR count). The van der Waals surface area contributed by atoms with Crippen LogP contribution in [-0.2, 0) is 0 Å². The van der Waals surface area contributed by atoms with Gasteiger partial charge in [-0.25, -0.2) is 9.18 Å². The Morgan fingerprint density at radius 3 is 2.88 bits per heavy atom. The molecule has 0 bridgehead atoms. The van der Waals surface area contributed by atoms with E-state index in [1.165, 1.54) is 0 Å². The molecule has 0 spiro atoms. The van der Waals surface area contributed by atoms with Crippen LogP contribution in [0.15, 0.2) is 24.8 Å². The first kappa shape index (κ1) is 13.0. The highest BCUT2D eigenvalue weighted by molar-refractivity contribution is 5.90. The van der Waals surface area contributed by atoms with E-state index >= 15 is 0 Å². The number of halogens is 1. The highest BCUT2D eigenvalue weighted by Gasteiger charge is 2.14. The third-order valence-electron chi connectivity index (χ3n) is 2.29. The average molecular weight is 238 g/mol. The lowest BCUT2D eigenvalue weighted by Gasteiger charge is -2.15. The van der Waals surface area contributed by atoms with Crippen LogP contribution in [0.2, 0.25) is 0 Å². The molecule has 0 aliphatic rings. The van der Waals surface area contributed by atoms with Crippen molar-refractivity contribution in [3.8, 4) is 0 Å². The standard InChI is InChI=1S/C12H15FN2O2/c1-3-4-7(2)15-11-6-9(13)8(12(16)17)5-10(11)14/h3,5-7,15H,1,4,14H2,2H3,(H,16,17). The molecule has 1 unspecified atom stereocenters. The largest absolute Gasteiger partial charge is 0.478 e. The molecule has 1 atom stereocenters. The van der Waals surface area contributed by atoms with Gasteiger partial charge in [-0.15, -0.1) is 6.58 Å². The van der Waals surface area contributed by atoms with Crippen molar-refractivity contribution < 1.29 is 14.3 Å². The van der Waals surface area contributed by atoms with Crippen LogP contribution in [0.5, 0.6) is 0 Å². The number of hydrogen-bond donors (Lipinski definition) is 3. The van der Waals surface area contributed by atoms with Gasteiger partial charge in [-0.2, -0.15) is 0 Å². The second-order valence-electron chi connectivity index (χ2n) is 3.79. The van der Waals surface area contributed by atoms with E-state index in [1.807, 2.05) is 6.92 Å². The van der Waals surface area contributed by atoms with Crippen LogP contribution in [0.1, 0.15) is 23.7 Å². The first-order valence-electron chi connectivity index (χ1n) is 5.15. The summed E-state index contributed by atoms with van der Waals surface area (Å²) in [4.78, 5) is 10.7. The molecule has 0 heterocycles. The van der Waals surface area contributed by atoms with Gasteiger partial charge in [-0.1, -0.05) is 6.08 Å². The number of nitrogens with one attached hydrogen (secondary N) is 1. The quantitative estimate of drug-likeness (QED) is 0.544. The Kier molecular flexibility index (Phi) is 4.09. The van der Waals surface area contributed by atoms with Gasteiger partial charge in [0, 0.05) is 6.04 Å². The van der Waals surface area contributed by atoms with E-state index in [-0.39, 0.29) is 11.7 Å². The van der Waals surface area contributed by atoms with Crippen molar-refractivity contribution in [3.63, 3.8) is 0 Å². The first-order valence-corrected chi connectivity index (χ1v) is 5.15. The molecule has 1 aromatic carbocycles. The number of nitrogens with two attached hydrogens (primary N) is 1. The molecule has 1 aromatic rings. The van der Waals surface area contributed by atoms with Gasteiger partial charge in [0.05, 0.1) is 16.9 Å². The van der Waals surface area contributed by atoms with E-state index in [1.54, 1.807) is 6.08 Å². The molecule has 92 valence electrons. The van der Waals surface area contributed by atoms with E-state index in [2.05, 4.69) is 11.9 Å². The molecule has 4 nitrogen and oxygen atoms in total. The molecule has 4 N–H and O–H groups in total. The zero-order valence-corrected chi connectivity index (χ0v) is 9.53. The fourth-order valence-electron chi connectivity index (χ4n) is 1.45. The van der Waals surface area contributed by atoms with Gasteiger partial charge in [-0.3, -0.25) is 0 Å². The smallest absolute Gasteiger partial charge is 0.338 e. The van der Waals surface area contributed by atoms with Gasteiger partial charge in [0.2, 0.25) is 0 Å². The lowest BCUT2D eigenvalue weighted by molar-refractivity contribution is 0.0692. The summed E-state index contributed by atoms with van der Waals surface area (Å²) in [5.41, 5.74) is 5.83. The molecule has 0 aliphatic heterocycles. The predicted octanol–water partition coefficient (Wildman–Crippen LogP) is 2.48. The average Bonchev–Trinajstić information content (AvgIpc) is 2.22. The fourth-order valence-corrected chi connectivity index (χ4v) is 1.45. The molecule has 0 aromatic heterocycles. The van der Waals surface area contributed by atoms with Crippen molar-refractivity contribution in [2.24, 2.45) is 0 Å². The number of nitrogen functional groups attached to an aromatic ring is 1. The third-order valence-corrected chi connectivity index (χ3v) is 2.29. The van der Waals surface area contributed by atoms with Crippen LogP contribution in [0.3, 0.4) is 0 Å². The summed E-state index contributed by atoms with van der Waals surface area (Å²) in [5.74, 6) is -2.14. The Balaban J connectivity index is 2.99. The van der Waals surface area contributed by atoms with Crippen molar-refractivity contribution in [1.82, 2.24) is 0 Å². The van der Waals surface area contributed by atoms with Crippen LogP contribution in [0.25, 0.3) is 0 Å². The molecule has 0 radical (unpaired) electrons. The minimum absolute atomic E-state index is 0.0462. The van der Waals surface area contributed by atoms with E-state index in [9.17, 15) is 9.18 Å². The predicted molar refractivity (Wildman–Crippen MR) is 65.7 cm³/mol. The summed E-state index contributed by atoms with van der Waals surface area (Å²) in [6.07, 6.45) is 2.43. The summed E-state index contributed by atoms with van der Waals surface area (Å²) in [7, 11) is 0. The second kappa shape index (κ2) is 5.34. The van der Waals surface area contributed by atoms with Crippen LogP contribution >= 0.6 is 0 Å². The number of carboxylic acids is 1. The minimum atomic E-state index is -1.33. The molecule has 17 heavy (non-hydrogen) atoms. The molecule has 0 saturated carbocycles. The Hall–Kier alpha value is -2.04. The normalized spacial score (nSPS) is 11.9. The van der Waals surface area contributed by atoms with Crippen molar-refractivity contribution in [1.29, 1.82) is 0 Å². The van der Waals surface area contributed by atoms with Crippen molar-refractivity contribution in [2.75, 3.05) is 11.1 Å². The summed E-state index contributed by atoms with van der Waals surface area (Å²) in [5, 5.41) is 11.7. The molecule has 5 heteroatoms. The lowest BCUT2D eigenvalue weighted by atomic mass is 10.1. The Morgan fingerprint density at radius 1 is 1.71 bits per heavy atom. The highest BCUT2D eigenvalue weighted by Crippen LogP contribution is 2.24. The Bertz CT molecular complexity index is 446. The van der Waals surface area contributed by atoms with Crippen LogP contribution in [-0.4, -0.2) is 17.1 Å². The highest BCUT2D eigenvalue weighted by atomic mass is 19.1. The SMILES string of the molecule is C=CCC(C)Nc1cc(F)c(C(=O)O)cc1N. The van der Waals surface area contributed by atoms with E-state index in [0.29, 0.717) is 12.1 Å². The van der Waals surface area contributed by atoms with E-state index in [4.69, 9.17) is 10.8 Å². The summed E-state index contributed by atoms with van der Waals surface area (Å²) in [6.45, 7) is 5.49. The van der Waals surface area contributed by atoms with Gasteiger partial charge in [-0.05, 0) is 25.5 Å². The second-order valence-corrected chi connectivity index (χ2v) is 3.79. The number of carboxylic acid groups (broad SMARTS) is 1. The monoisotopic (exact) mass is 238 g/mol. The summed E-state index contributed by atoms with van der Waals surface area (Å²) < 4.78 is 13.4. The van der Waals surface area contributed by atoms with Crippen LogP contribution < -0.4 is 11.1 Å². The minimum Gasteiger partial charge on any atom is -0.478 e. The Morgan fingerprint density at radius 2 is 2.35 bits per heavy atom. The first-order chi connectivity index (χ1) is 7.95. The summed E-state index contributed by atoms with van der Waals surface area (Å²) >= 11 is 0. The zero-order chi connectivity index (χ0) is 13.0. The summed E-state index contributed by atoms with van der Waals surface area (Å²) in [6, 6.07) is 2.25. The third kappa shape index (κ3) is 3.21. The molecular formula is C12H15FN2O2. The fraction of sp³-hybridized carbons (Fsp3) is 0.250. The van der Waals surface area contributed by atoms with E-state index < -0.39 is 17.3 Å². The van der Waals surface area contributed by atoms with Gasteiger partial charge >= 0.3 is 5.97 Å². The molecule has 0 fully saturated rings. The van der Waals surface area contributed by atoms with Crippen molar-refractivity contribution in [2.45, 2.75) is 19.4 Å². The lowest BCUT2D eigenvalue weighted by Crippen LogP contribution is -2.16. The molecule has 0 saturated heterocycles. The van der Waals surface area contributed by atoms with Gasteiger partial charge in [0.15, 0.2) is 0 Å².